The highest BCUT2D eigenvalue weighted by molar-refractivity contribution is 5.75. The van der Waals surface area contributed by atoms with Gasteiger partial charge in [-0.2, -0.15) is 0 Å². The van der Waals surface area contributed by atoms with Crippen LogP contribution in [0.1, 0.15) is 52.9 Å². The zero-order chi connectivity index (χ0) is 15.4. The number of nitrogens with one attached hydrogen (secondary N) is 1. The summed E-state index contributed by atoms with van der Waals surface area (Å²) in [5.41, 5.74) is -1.03. The lowest BCUT2D eigenvalue weighted by Gasteiger charge is -2.58. The lowest BCUT2D eigenvalue weighted by Crippen LogP contribution is -2.61. The molecule has 0 heterocycles. The molecule has 0 aromatic carbocycles. The number of carbonyl (C=O) groups is 2. The first-order valence-corrected chi connectivity index (χ1v) is 7.91. The van der Waals surface area contributed by atoms with E-state index in [1.54, 1.807) is 0 Å². The van der Waals surface area contributed by atoms with Crippen LogP contribution in [0.5, 0.6) is 0 Å². The van der Waals surface area contributed by atoms with Gasteiger partial charge in [0.2, 0.25) is 0 Å². The van der Waals surface area contributed by atoms with E-state index in [0.717, 1.165) is 19.3 Å². The fraction of sp³-hybridized carbons (Fsp3) is 0.875. The van der Waals surface area contributed by atoms with Gasteiger partial charge in [-0.3, -0.25) is 4.79 Å². The van der Waals surface area contributed by atoms with Gasteiger partial charge in [0.05, 0.1) is 5.41 Å². The van der Waals surface area contributed by atoms with Crippen LogP contribution in [0.3, 0.4) is 0 Å². The molecule has 118 valence electrons. The third kappa shape index (κ3) is 2.62. The Bertz CT molecular complexity index is 451. The summed E-state index contributed by atoms with van der Waals surface area (Å²) in [6.45, 7) is 5.55. The van der Waals surface area contributed by atoms with Crippen LogP contribution in [0.2, 0.25) is 0 Å². The molecule has 5 heteroatoms. The van der Waals surface area contributed by atoms with Crippen molar-refractivity contribution in [3.8, 4) is 0 Å². The molecule has 4 bridgehead atoms. The third-order valence-corrected chi connectivity index (χ3v) is 5.41. The second-order valence-corrected chi connectivity index (χ2v) is 8.23. The molecule has 5 atom stereocenters. The number of carboxylic acids is 1. The molecule has 4 fully saturated rings. The van der Waals surface area contributed by atoms with Gasteiger partial charge < -0.3 is 15.2 Å². The first kappa shape index (κ1) is 14.7. The summed E-state index contributed by atoms with van der Waals surface area (Å²) in [5, 5.41) is 12.6. The number of hydrogen-bond donors (Lipinski definition) is 2. The monoisotopic (exact) mass is 295 g/mol. The van der Waals surface area contributed by atoms with Gasteiger partial charge in [-0.25, -0.2) is 4.79 Å². The minimum absolute atomic E-state index is 0.0869. The van der Waals surface area contributed by atoms with Crippen molar-refractivity contribution in [2.45, 2.75) is 64.5 Å². The SMILES string of the molecule is CC(C)(C)OC(=O)N[C@H]1[C@@H]2CC3C[C@H]1C[C@](C(=O)O)(C3)C2. The Kier molecular flexibility index (Phi) is 3.22. The van der Waals surface area contributed by atoms with Gasteiger partial charge in [-0.15, -0.1) is 0 Å². The molecule has 4 saturated carbocycles. The number of rotatable bonds is 2. The Morgan fingerprint density at radius 2 is 1.71 bits per heavy atom. The van der Waals surface area contributed by atoms with Crippen molar-refractivity contribution in [1.82, 2.24) is 5.32 Å². The van der Waals surface area contributed by atoms with Crippen LogP contribution < -0.4 is 5.32 Å². The molecule has 4 aliphatic carbocycles. The highest BCUT2D eigenvalue weighted by atomic mass is 16.6. The number of hydrogen-bond acceptors (Lipinski definition) is 3. The average molecular weight is 295 g/mol. The van der Waals surface area contributed by atoms with Gasteiger partial charge in [0.15, 0.2) is 0 Å². The smallest absolute Gasteiger partial charge is 0.407 e. The lowest BCUT2D eigenvalue weighted by atomic mass is 9.48. The minimum atomic E-state index is -0.641. The summed E-state index contributed by atoms with van der Waals surface area (Å²) >= 11 is 0. The molecule has 0 radical (unpaired) electrons. The standard InChI is InChI=1S/C16H25NO4/c1-15(2,3)21-14(20)17-12-10-4-9-5-11(12)8-16(6-9,7-10)13(18)19/h9-12H,4-8H2,1-3H3,(H,17,20)(H,18,19)/t9?,10-,11+,12+,16+. The summed E-state index contributed by atoms with van der Waals surface area (Å²) in [4.78, 5) is 23.7. The third-order valence-electron chi connectivity index (χ3n) is 5.41. The van der Waals surface area contributed by atoms with E-state index in [4.69, 9.17) is 4.74 Å². The van der Waals surface area contributed by atoms with E-state index in [0.29, 0.717) is 30.6 Å². The molecule has 0 aromatic heterocycles. The quantitative estimate of drug-likeness (QED) is 0.821. The summed E-state index contributed by atoms with van der Waals surface area (Å²) in [5.74, 6) is 0.465. The van der Waals surface area contributed by atoms with Crippen LogP contribution in [0.25, 0.3) is 0 Å². The van der Waals surface area contributed by atoms with Crippen molar-refractivity contribution < 1.29 is 19.4 Å². The van der Waals surface area contributed by atoms with E-state index >= 15 is 0 Å². The Morgan fingerprint density at radius 3 is 2.19 bits per heavy atom. The molecule has 5 nitrogen and oxygen atoms in total. The summed E-state index contributed by atoms with van der Waals surface area (Å²) in [7, 11) is 0. The van der Waals surface area contributed by atoms with E-state index in [1.807, 2.05) is 20.8 Å². The zero-order valence-electron chi connectivity index (χ0n) is 13.0. The van der Waals surface area contributed by atoms with E-state index in [2.05, 4.69) is 5.32 Å². The minimum Gasteiger partial charge on any atom is -0.481 e. The highest BCUT2D eigenvalue weighted by Gasteiger charge is 2.59. The summed E-state index contributed by atoms with van der Waals surface area (Å²) in [6.07, 6.45) is 3.96. The normalized spacial score (nSPS) is 40.9. The number of carbonyl (C=O) groups excluding carboxylic acids is 1. The Morgan fingerprint density at radius 1 is 1.14 bits per heavy atom. The topological polar surface area (TPSA) is 75.6 Å². The lowest BCUT2D eigenvalue weighted by molar-refractivity contribution is -0.167. The molecular weight excluding hydrogens is 270 g/mol. The molecule has 1 unspecified atom stereocenters. The second kappa shape index (κ2) is 4.62. The molecule has 4 aliphatic rings. The van der Waals surface area contributed by atoms with Crippen LogP contribution in [0.15, 0.2) is 0 Å². The van der Waals surface area contributed by atoms with Gasteiger partial charge in [-0.1, -0.05) is 0 Å². The van der Waals surface area contributed by atoms with Gasteiger partial charge >= 0.3 is 12.1 Å². The Labute approximate surface area is 125 Å². The Balaban J connectivity index is 1.70. The van der Waals surface area contributed by atoms with E-state index in [1.165, 1.54) is 0 Å². The number of ether oxygens (including phenoxy) is 1. The van der Waals surface area contributed by atoms with Crippen molar-refractivity contribution in [3.05, 3.63) is 0 Å². The van der Waals surface area contributed by atoms with E-state index in [-0.39, 0.29) is 12.1 Å². The highest BCUT2D eigenvalue weighted by Crippen LogP contribution is 2.60. The Hall–Kier alpha value is -1.26. The van der Waals surface area contributed by atoms with Gasteiger partial charge in [-0.05, 0) is 70.6 Å². The molecule has 0 aliphatic heterocycles. The van der Waals surface area contributed by atoms with Gasteiger partial charge in [0.1, 0.15) is 5.60 Å². The number of amides is 1. The van der Waals surface area contributed by atoms with Crippen LogP contribution in [0.4, 0.5) is 4.79 Å². The number of carboxylic acid groups (broad SMARTS) is 1. The van der Waals surface area contributed by atoms with Crippen LogP contribution in [-0.2, 0) is 9.53 Å². The van der Waals surface area contributed by atoms with Crippen molar-refractivity contribution >= 4 is 12.1 Å². The molecule has 0 saturated heterocycles. The molecule has 0 spiro atoms. The van der Waals surface area contributed by atoms with Crippen LogP contribution >= 0.6 is 0 Å². The predicted molar refractivity (Wildman–Crippen MR) is 76.8 cm³/mol. The predicted octanol–water partition coefficient (Wildman–Crippen LogP) is 2.79. The number of aliphatic carboxylic acids is 1. The van der Waals surface area contributed by atoms with Crippen molar-refractivity contribution in [3.63, 3.8) is 0 Å². The van der Waals surface area contributed by atoms with Crippen molar-refractivity contribution in [2.24, 2.45) is 23.2 Å². The zero-order valence-corrected chi connectivity index (χ0v) is 13.0. The largest absolute Gasteiger partial charge is 0.481 e. The van der Waals surface area contributed by atoms with Crippen LogP contribution in [0, 0.1) is 23.2 Å². The first-order chi connectivity index (χ1) is 9.68. The van der Waals surface area contributed by atoms with Crippen molar-refractivity contribution in [2.75, 3.05) is 0 Å². The molecule has 0 aromatic rings. The molecule has 2 N–H and O–H groups in total. The number of alkyl carbamates (subject to hydrolysis) is 1. The van der Waals surface area contributed by atoms with E-state index in [9.17, 15) is 14.7 Å². The maximum Gasteiger partial charge on any atom is 0.407 e. The maximum absolute atomic E-state index is 12.0. The molecular formula is C16H25NO4. The fourth-order valence-electron chi connectivity index (χ4n) is 4.97. The van der Waals surface area contributed by atoms with E-state index < -0.39 is 17.0 Å². The fourth-order valence-corrected chi connectivity index (χ4v) is 4.97. The average Bonchev–Trinajstić information content (AvgIpc) is 2.30. The second-order valence-electron chi connectivity index (χ2n) is 8.23. The summed E-state index contributed by atoms with van der Waals surface area (Å²) < 4.78 is 5.35. The van der Waals surface area contributed by atoms with Gasteiger partial charge in [0.25, 0.3) is 0 Å². The van der Waals surface area contributed by atoms with Crippen molar-refractivity contribution in [1.29, 1.82) is 0 Å². The van der Waals surface area contributed by atoms with Crippen LogP contribution in [-0.4, -0.2) is 28.8 Å². The summed E-state index contributed by atoms with van der Waals surface area (Å²) in [6, 6.07) is 0.0869. The molecule has 21 heavy (non-hydrogen) atoms. The molecule has 4 rings (SSSR count). The first-order valence-electron chi connectivity index (χ1n) is 7.91. The molecule has 1 amide bonds. The van der Waals surface area contributed by atoms with Gasteiger partial charge in [0, 0.05) is 6.04 Å². The maximum atomic E-state index is 12.0.